The Bertz CT molecular complexity index is 949. The van der Waals surface area contributed by atoms with Gasteiger partial charge >= 0.3 is 0 Å². The van der Waals surface area contributed by atoms with E-state index in [-0.39, 0.29) is 5.91 Å². The molecule has 1 heterocycles. The lowest BCUT2D eigenvalue weighted by Gasteiger charge is -2.11. The van der Waals surface area contributed by atoms with Gasteiger partial charge in [0.25, 0.3) is 5.91 Å². The monoisotopic (exact) mass is 375 g/mol. The van der Waals surface area contributed by atoms with E-state index in [0.29, 0.717) is 12.0 Å². The molecule has 1 atom stereocenters. The predicted octanol–water partition coefficient (Wildman–Crippen LogP) is 4.60. The van der Waals surface area contributed by atoms with E-state index in [9.17, 15) is 4.79 Å². The first-order valence-corrected chi connectivity index (χ1v) is 9.00. The summed E-state index contributed by atoms with van der Waals surface area (Å²) in [5.41, 5.74) is 4.34. The van der Waals surface area contributed by atoms with Crippen LogP contribution in [0.3, 0.4) is 0 Å². The minimum absolute atomic E-state index is 0.214. The van der Waals surface area contributed by atoms with Crippen LogP contribution in [0.15, 0.2) is 73.1 Å². The molecule has 27 heavy (non-hydrogen) atoms. The number of nitrogens with one attached hydrogen (secondary N) is 1. The minimum Gasteiger partial charge on any atom is -0.322 e. The lowest BCUT2D eigenvalue weighted by Crippen LogP contribution is -2.15. The van der Waals surface area contributed by atoms with E-state index in [1.165, 1.54) is 5.56 Å². The van der Waals surface area contributed by atoms with Crippen LogP contribution < -0.4 is 5.32 Å². The number of benzene rings is 2. The van der Waals surface area contributed by atoms with Crippen molar-refractivity contribution < 1.29 is 4.79 Å². The highest BCUT2D eigenvalue weighted by molar-refractivity contribution is 6.22. The number of nitrogens with zero attached hydrogens (tertiary/aromatic N) is 2. The van der Waals surface area contributed by atoms with Crippen LogP contribution in [0.1, 0.15) is 27.0 Å². The zero-order valence-electron chi connectivity index (χ0n) is 14.6. The smallest absolute Gasteiger partial charge is 0.255 e. The van der Waals surface area contributed by atoms with Crippen LogP contribution in [-0.2, 0) is 12.8 Å². The van der Waals surface area contributed by atoms with Gasteiger partial charge < -0.3 is 5.32 Å². The van der Waals surface area contributed by atoms with Crippen LogP contribution in [0, 0.1) is 11.3 Å². The number of amides is 1. The number of anilines is 1. The van der Waals surface area contributed by atoms with Crippen molar-refractivity contribution in [1.82, 2.24) is 4.98 Å². The third kappa shape index (κ3) is 5.16. The van der Waals surface area contributed by atoms with Crippen molar-refractivity contribution in [1.29, 1.82) is 5.26 Å². The molecule has 0 bridgehead atoms. The van der Waals surface area contributed by atoms with E-state index >= 15 is 0 Å². The van der Waals surface area contributed by atoms with E-state index < -0.39 is 5.38 Å². The molecule has 4 nitrogen and oxygen atoms in total. The first kappa shape index (κ1) is 18.6. The molecule has 1 amide bonds. The van der Waals surface area contributed by atoms with Gasteiger partial charge in [-0.05, 0) is 53.4 Å². The molecule has 0 aliphatic rings. The van der Waals surface area contributed by atoms with Crippen molar-refractivity contribution in [3.05, 3.63) is 95.3 Å². The zero-order chi connectivity index (χ0) is 19.1. The molecule has 1 aromatic heterocycles. The van der Waals surface area contributed by atoms with Crippen LogP contribution in [0.25, 0.3) is 0 Å². The van der Waals surface area contributed by atoms with Crippen molar-refractivity contribution in [3.8, 4) is 6.07 Å². The van der Waals surface area contributed by atoms with Gasteiger partial charge in [-0.2, -0.15) is 5.26 Å². The van der Waals surface area contributed by atoms with Gasteiger partial charge in [-0.15, -0.1) is 11.6 Å². The first-order chi connectivity index (χ1) is 13.2. The third-order valence-corrected chi connectivity index (χ3v) is 4.42. The Balaban J connectivity index is 1.69. The summed E-state index contributed by atoms with van der Waals surface area (Å²) in [6.45, 7) is 0. The number of carbonyl (C=O) groups is 1. The highest BCUT2D eigenvalue weighted by Crippen LogP contribution is 2.17. The van der Waals surface area contributed by atoms with Crippen molar-refractivity contribution in [2.75, 3.05) is 5.32 Å². The lowest BCUT2D eigenvalue weighted by molar-refractivity contribution is 0.102. The molecule has 0 radical (unpaired) electrons. The molecule has 134 valence electrons. The molecule has 0 fully saturated rings. The van der Waals surface area contributed by atoms with Crippen LogP contribution >= 0.6 is 11.6 Å². The van der Waals surface area contributed by atoms with Crippen LogP contribution in [0.5, 0.6) is 0 Å². The lowest BCUT2D eigenvalue weighted by atomic mass is 10.0. The van der Waals surface area contributed by atoms with Gasteiger partial charge in [-0.25, -0.2) is 0 Å². The maximum atomic E-state index is 12.6. The van der Waals surface area contributed by atoms with Crippen LogP contribution in [0.2, 0.25) is 0 Å². The molecule has 3 rings (SSSR count). The molecule has 1 N–H and O–H groups in total. The quantitative estimate of drug-likeness (QED) is 0.640. The fraction of sp³-hybridized carbons (Fsp3) is 0.136. The van der Waals surface area contributed by atoms with E-state index in [0.717, 1.165) is 23.2 Å². The summed E-state index contributed by atoms with van der Waals surface area (Å²) >= 11 is 5.92. The van der Waals surface area contributed by atoms with Crippen molar-refractivity contribution in [3.63, 3.8) is 0 Å². The molecule has 0 aliphatic heterocycles. The Morgan fingerprint density at radius 3 is 2.41 bits per heavy atom. The Hall–Kier alpha value is -3.16. The summed E-state index contributed by atoms with van der Waals surface area (Å²) in [4.78, 5) is 16.7. The Kier molecular flexibility index (Phi) is 6.19. The Labute approximate surface area is 163 Å². The zero-order valence-corrected chi connectivity index (χ0v) is 15.4. The highest BCUT2D eigenvalue weighted by atomic mass is 35.5. The summed E-state index contributed by atoms with van der Waals surface area (Å²) in [7, 11) is 0. The summed E-state index contributed by atoms with van der Waals surface area (Å²) in [6, 6.07) is 20.9. The Morgan fingerprint density at radius 2 is 1.70 bits per heavy atom. The van der Waals surface area contributed by atoms with Crippen LogP contribution in [-0.4, -0.2) is 16.3 Å². The molecule has 5 heteroatoms. The fourth-order valence-corrected chi connectivity index (χ4v) is 2.97. The van der Waals surface area contributed by atoms with Crippen molar-refractivity contribution >= 4 is 23.2 Å². The number of rotatable bonds is 6. The van der Waals surface area contributed by atoms with Gasteiger partial charge in [0.2, 0.25) is 0 Å². The summed E-state index contributed by atoms with van der Waals surface area (Å²) in [5.74, 6) is -0.214. The highest BCUT2D eigenvalue weighted by Gasteiger charge is 2.14. The maximum absolute atomic E-state index is 12.6. The number of hydrogen-bond donors (Lipinski definition) is 1. The second-order valence-electron chi connectivity index (χ2n) is 6.14. The predicted molar refractivity (Wildman–Crippen MR) is 107 cm³/mol. The minimum atomic E-state index is -0.661. The van der Waals surface area contributed by atoms with Gasteiger partial charge in [0.15, 0.2) is 0 Å². The standard InChI is InChI=1S/C22H18ClN3O/c23-19(15-24)14-18-3-1-2-4-21(18)22(27)26-20-7-5-16(6-8-20)13-17-9-11-25-12-10-17/h1-12,19H,13-14H2,(H,26,27). The van der Waals surface area contributed by atoms with Gasteiger partial charge in [-0.3, -0.25) is 9.78 Å². The summed E-state index contributed by atoms with van der Waals surface area (Å²) in [5, 5.41) is 11.2. The number of nitriles is 1. The number of hydrogen-bond acceptors (Lipinski definition) is 3. The van der Waals surface area contributed by atoms with Crippen molar-refractivity contribution in [2.24, 2.45) is 0 Å². The van der Waals surface area contributed by atoms with Gasteiger partial charge in [0.1, 0.15) is 5.38 Å². The largest absolute Gasteiger partial charge is 0.322 e. The number of halogens is 1. The molecule has 2 aromatic carbocycles. The molecular formula is C22H18ClN3O. The van der Waals surface area contributed by atoms with Gasteiger partial charge in [0.05, 0.1) is 6.07 Å². The molecule has 0 spiro atoms. The van der Waals surface area contributed by atoms with Gasteiger partial charge in [0, 0.05) is 30.1 Å². The van der Waals surface area contributed by atoms with Crippen LogP contribution in [0.4, 0.5) is 5.69 Å². The maximum Gasteiger partial charge on any atom is 0.255 e. The van der Waals surface area contributed by atoms with Gasteiger partial charge in [-0.1, -0.05) is 30.3 Å². The van der Waals surface area contributed by atoms with E-state index in [2.05, 4.69) is 10.3 Å². The van der Waals surface area contributed by atoms with E-state index in [1.807, 2.05) is 54.6 Å². The molecule has 0 saturated heterocycles. The molecule has 1 unspecified atom stereocenters. The Morgan fingerprint density at radius 1 is 1.04 bits per heavy atom. The molecule has 3 aromatic rings. The fourth-order valence-electron chi connectivity index (χ4n) is 2.80. The second-order valence-corrected chi connectivity index (χ2v) is 6.67. The number of aromatic nitrogens is 1. The molecular weight excluding hydrogens is 358 g/mol. The van der Waals surface area contributed by atoms with E-state index in [1.54, 1.807) is 24.5 Å². The van der Waals surface area contributed by atoms with Crippen molar-refractivity contribution in [2.45, 2.75) is 18.2 Å². The molecule has 0 saturated carbocycles. The summed E-state index contributed by atoms with van der Waals surface area (Å²) in [6.07, 6.45) is 4.69. The molecule has 0 aliphatic carbocycles. The first-order valence-electron chi connectivity index (χ1n) is 8.56. The number of alkyl halides is 1. The van der Waals surface area contributed by atoms with E-state index in [4.69, 9.17) is 16.9 Å². The average Bonchev–Trinajstić information content (AvgIpc) is 2.70. The number of pyridine rings is 1. The second kappa shape index (κ2) is 8.98. The SMILES string of the molecule is N#CC(Cl)Cc1ccccc1C(=O)Nc1ccc(Cc2ccncc2)cc1. The normalized spacial score (nSPS) is 11.4. The average molecular weight is 376 g/mol. The third-order valence-electron chi connectivity index (χ3n) is 4.17. The topological polar surface area (TPSA) is 65.8 Å². The summed E-state index contributed by atoms with van der Waals surface area (Å²) < 4.78 is 0. The number of carbonyl (C=O) groups excluding carboxylic acids is 1.